The second-order valence-corrected chi connectivity index (χ2v) is 16.7. The molecule has 0 heterocycles. The Balaban J connectivity index is 0. The molecule has 0 saturated carbocycles. The van der Waals surface area contributed by atoms with Crippen LogP contribution in [0, 0.1) is 0 Å². The van der Waals surface area contributed by atoms with E-state index >= 15 is 0 Å². The molecule has 0 bridgehead atoms. The summed E-state index contributed by atoms with van der Waals surface area (Å²) in [5.74, 6) is 0.185. The maximum atomic E-state index is 13.5. The molecule has 2 rings (SSSR count). The third-order valence-electron chi connectivity index (χ3n) is 7.08. The monoisotopic (exact) mass is 660 g/mol. The Morgan fingerprint density at radius 1 is 0.511 bits per heavy atom. The van der Waals surface area contributed by atoms with Gasteiger partial charge in [-0.1, -0.05) is 134 Å². The molecule has 254 valence electrons. The summed E-state index contributed by atoms with van der Waals surface area (Å²) in [5.41, 5.74) is 4.87. The van der Waals surface area contributed by atoms with E-state index in [1.807, 2.05) is 23.9 Å². The molecule has 0 saturated heterocycles. The molecular formula is C38H64N2O4Ti. The predicted molar refractivity (Wildman–Crippen MR) is 183 cm³/mol. The standard InChI is InChI=1S/C32H52N2O2.2C3H7O.Ti/c1-29(2,3)21-17-23(31(7,8)9)27(35)25(19-21)33(13)15-16-34(14)26-20-22(30(4,5)6)18-24(28(26)36)32(10,11)12;2*1-3(2)4;/h17-20,35-36H,15-16H2,1-14H3;2*3H,1-2H3;/q;2*-1;+4/p-2. The van der Waals surface area contributed by atoms with Crippen LogP contribution in [0.2, 0.25) is 0 Å². The van der Waals surface area contributed by atoms with Gasteiger partial charge in [0.1, 0.15) is 0 Å². The maximum absolute atomic E-state index is 13.5. The van der Waals surface area contributed by atoms with Crippen molar-refractivity contribution in [1.29, 1.82) is 0 Å². The zero-order valence-electron chi connectivity index (χ0n) is 31.9. The number of nitrogens with zero attached hydrogens (tertiary/aromatic N) is 2. The second-order valence-electron chi connectivity index (χ2n) is 16.7. The van der Waals surface area contributed by atoms with Gasteiger partial charge in [0, 0.05) is 38.6 Å². The van der Waals surface area contributed by atoms with Crippen LogP contribution in [0.15, 0.2) is 24.3 Å². The molecule has 0 unspecified atom stereocenters. The van der Waals surface area contributed by atoms with Gasteiger partial charge in [-0.3, -0.25) is 0 Å². The molecule has 0 aliphatic rings. The molecule has 6 nitrogen and oxygen atoms in total. The third kappa shape index (κ3) is 15.2. The number of hydrogen-bond donors (Lipinski definition) is 0. The number of benzene rings is 2. The maximum Gasteiger partial charge on any atom is 4.00 e. The average molecular weight is 661 g/mol. The van der Waals surface area contributed by atoms with Crippen molar-refractivity contribution >= 4 is 11.4 Å². The fourth-order valence-corrected chi connectivity index (χ4v) is 4.32. The van der Waals surface area contributed by atoms with E-state index in [-0.39, 0.29) is 54.9 Å². The van der Waals surface area contributed by atoms with Gasteiger partial charge in [-0.2, -0.15) is 0 Å². The van der Waals surface area contributed by atoms with E-state index < -0.39 is 12.2 Å². The quantitative estimate of drug-likeness (QED) is 0.360. The topological polar surface area (TPSA) is 98.7 Å². The summed E-state index contributed by atoms with van der Waals surface area (Å²) in [5, 5.41) is 46.1. The number of hydrogen-bond acceptors (Lipinski definition) is 6. The van der Waals surface area contributed by atoms with Crippen LogP contribution >= 0.6 is 0 Å². The third-order valence-corrected chi connectivity index (χ3v) is 7.08. The number of anilines is 2. The van der Waals surface area contributed by atoms with Crippen molar-refractivity contribution in [3.05, 3.63) is 46.5 Å². The molecule has 0 aliphatic carbocycles. The smallest absolute Gasteiger partial charge is 0.871 e. The van der Waals surface area contributed by atoms with E-state index in [4.69, 9.17) is 0 Å². The second kappa shape index (κ2) is 17.4. The van der Waals surface area contributed by atoms with Gasteiger partial charge in [-0.15, -0.1) is 12.2 Å². The molecule has 7 heteroatoms. The van der Waals surface area contributed by atoms with Crippen molar-refractivity contribution in [2.45, 2.75) is 145 Å². The Bertz CT molecular complexity index is 1080. The van der Waals surface area contributed by atoms with Crippen LogP contribution in [-0.4, -0.2) is 39.4 Å². The van der Waals surface area contributed by atoms with Crippen molar-refractivity contribution in [2.75, 3.05) is 37.0 Å². The van der Waals surface area contributed by atoms with E-state index in [0.717, 1.165) is 33.6 Å². The Morgan fingerprint density at radius 3 is 0.911 bits per heavy atom. The Morgan fingerprint density at radius 2 is 0.733 bits per heavy atom. The van der Waals surface area contributed by atoms with Crippen molar-refractivity contribution in [1.82, 2.24) is 0 Å². The van der Waals surface area contributed by atoms with Gasteiger partial charge in [0.25, 0.3) is 0 Å². The first-order valence-electron chi connectivity index (χ1n) is 16.0. The molecule has 0 aliphatic heterocycles. The molecule has 0 amide bonds. The molecule has 0 spiro atoms. The normalized spacial score (nSPS) is 12.1. The fourth-order valence-electron chi connectivity index (χ4n) is 4.32. The van der Waals surface area contributed by atoms with Crippen LogP contribution in [0.4, 0.5) is 11.4 Å². The van der Waals surface area contributed by atoms with Crippen molar-refractivity contribution in [3.8, 4) is 11.5 Å². The van der Waals surface area contributed by atoms with Gasteiger partial charge >= 0.3 is 21.7 Å². The zero-order chi connectivity index (χ0) is 35.2. The minimum absolute atomic E-state index is 0. The van der Waals surface area contributed by atoms with Crippen molar-refractivity contribution in [2.24, 2.45) is 0 Å². The summed E-state index contributed by atoms with van der Waals surface area (Å²) in [6.45, 7) is 33.4. The minimum atomic E-state index is -0.417. The first-order valence-corrected chi connectivity index (χ1v) is 16.0. The first-order chi connectivity index (χ1) is 19.5. The van der Waals surface area contributed by atoms with Gasteiger partial charge in [0.2, 0.25) is 0 Å². The van der Waals surface area contributed by atoms with E-state index in [1.165, 1.54) is 0 Å². The molecule has 0 atom stereocenters. The van der Waals surface area contributed by atoms with Gasteiger partial charge in [0.15, 0.2) is 0 Å². The summed E-state index contributed by atoms with van der Waals surface area (Å²) in [4.78, 5) is 4.10. The summed E-state index contributed by atoms with van der Waals surface area (Å²) in [6.07, 6.45) is -0.833. The SMILES string of the molecule is CC(C)[O-].CC(C)[O-].CN(CCN(C)c1cc(C(C)(C)C)cc(C(C)(C)C)c1[O-])c1cc(C(C)(C)C)cc(C(C)(C)C)c1[O-].[Ti+4]. The zero-order valence-corrected chi connectivity index (χ0v) is 33.5. The molecule has 0 radical (unpaired) electrons. The molecule has 2 aromatic rings. The van der Waals surface area contributed by atoms with Crippen LogP contribution in [0.5, 0.6) is 11.5 Å². The molecule has 2 aromatic carbocycles. The Labute approximate surface area is 292 Å². The molecule has 0 N–H and O–H groups in total. The van der Waals surface area contributed by atoms with Crippen LogP contribution in [0.3, 0.4) is 0 Å². The number of likely N-dealkylation sites (N-methyl/N-ethyl adjacent to an activating group) is 2. The van der Waals surface area contributed by atoms with Crippen LogP contribution in [0.25, 0.3) is 0 Å². The predicted octanol–water partition coefficient (Wildman–Crippen LogP) is 6.10. The first kappa shape index (κ1) is 45.4. The van der Waals surface area contributed by atoms with Gasteiger partial charge < -0.3 is 30.2 Å². The molecular weight excluding hydrogens is 596 g/mol. The van der Waals surface area contributed by atoms with E-state index in [9.17, 15) is 20.4 Å². The van der Waals surface area contributed by atoms with Crippen molar-refractivity contribution in [3.63, 3.8) is 0 Å². The van der Waals surface area contributed by atoms with Crippen LogP contribution in [0.1, 0.15) is 133 Å². The number of rotatable bonds is 5. The molecule has 0 aromatic heterocycles. The van der Waals surface area contributed by atoms with E-state index in [0.29, 0.717) is 13.1 Å². The minimum Gasteiger partial charge on any atom is -0.871 e. The fraction of sp³-hybridized carbons (Fsp3) is 0.684. The van der Waals surface area contributed by atoms with Gasteiger partial charge in [-0.05, 0) is 56.0 Å². The summed E-state index contributed by atoms with van der Waals surface area (Å²) in [7, 11) is 3.96. The van der Waals surface area contributed by atoms with Crippen LogP contribution in [-0.2, 0) is 43.4 Å². The summed E-state index contributed by atoms with van der Waals surface area (Å²) >= 11 is 0. The van der Waals surface area contributed by atoms with Crippen molar-refractivity contribution < 1.29 is 42.1 Å². The van der Waals surface area contributed by atoms with E-state index in [2.05, 4.69) is 107 Å². The average Bonchev–Trinajstić information content (AvgIpc) is 2.78. The Hall–Kier alpha value is -1.73. The van der Waals surface area contributed by atoms with Gasteiger partial charge in [-0.25, -0.2) is 0 Å². The largest absolute Gasteiger partial charge is 4.00 e. The Kier molecular flexibility index (Phi) is 17.6. The summed E-state index contributed by atoms with van der Waals surface area (Å²) < 4.78 is 0. The summed E-state index contributed by atoms with van der Waals surface area (Å²) in [6, 6.07) is 8.27. The molecule has 45 heavy (non-hydrogen) atoms. The van der Waals surface area contributed by atoms with Gasteiger partial charge in [0.05, 0.1) is 0 Å². The van der Waals surface area contributed by atoms with Crippen LogP contribution < -0.4 is 30.2 Å². The molecule has 0 fully saturated rings. The van der Waals surface area contributed by atoms with E-state index in [1.54, 1.807) is 27.7 Å².